The zero-order valence-electron chi connectivity index (χ0n) is 46.9. The summed E-state index contributed by atoms with van der Waals surface area (Å²) in [7, 11) is -30.9. The molecule has 0 amide bonds. The first kappa shape index (κ1) is 74.1. The number of ether oxygens (including phenoxy) is 1. The number of quaternary nitrogens is 1. The van der Waals surface area contributed by atoms with Crippen LogP contribution in [0.1, 0.15) is 247 Å². The molecule has 0 fully saturated rings. The normalized spacial score (nSPS) is 13.8. The molecule has 454 valence electrons. The number of hydrogen-bond donors (Lipinski definition) is 0. The van der Waals surface area contributed by atoms with E-state index in [1.54, 1.807) is 0 Å². The molecule has 0 saturated carbocycles. The third kappa shape index (κ3) is 23.7. The van der Waals surface area contributed by atoms with Gasteiger partial charge in [-0.15, -0.1) is 8.96 Å². The molecule has 1 unspecified atom stereocenters. The third-order valence-electron chi connectivity index (χ3n) is 13.2. The Hall–Kier alpha value is -1.91. The fraction of sp³-hybridized carbons (Fsp3) is 0.939. The van der Waals surface area contributed by atoms with Gasteiger partial charge in [0.15, 0.2) is 5.57 Å². The number of carbonyl (C=O) groups excluding carboxylic acids is 1. The van der Waals surface area contributed by atoms with Crippen molar-refractivity contribution in [2.24, 2.45) is 0 Å². The van der Waals surface area contributed by atoms with Crippen LogP contribution in [-0.4, -0.2) is 118 Å². The minimum atomic E-state index is -6.26. The molecule has 0 rings (SSSR count). The molecular formula is C49H97F5N5O12S5+. The number of esters is 1. The van der Waals surface area contributed by atoms with E-state index in [0.29, 0.717) is 83.5 Å². The summed E-state index contributed by atoms with van der Waals surface area (Å²) in [5.74, 6) is -18.6. The van der Waals surface area contributed by atoms with Crippen molar-refractivity contribution in [1.29, 1.82) is 0 Å². The van der Waals surface area contributed by atoms with Crippen LogP contribution in [0, 0.1) is 0 Å². The average Bonchev–Trinajstić information content (AvgIpc) is 3.36. The second-order valence-electron chi connectivity index (χ2n) is 19.9. The van der Waals surface area contributed by atoms with Crippen LogP contribution >= 0.6 is 0 Å². The molecule has 0 aliphatic carbocycles. The Labute approximate surface area is 456 Å². The molecule has 0 aromatic carbocycles. The summed E-state index contributed by atoms with van der Waals surface area (Å²) in [5.41, 5.74) is -2.94. The number of unbranched alkanes of at least 4 members (excludes halogenated alkanes) is 26. The molecule has 0 aliphatic heterocycles. The van der Waals surface area contributed by atoms with Gasteiger partial charge in [0.1, 0.15) is 12.8 Å². The van der Waals surface area contributed by atoms with Crippen molar-refractivity contribution < 1.29 is 78.1 Å². The summed E-state index contributed by atoms with van der Waals surface area (Å²) in [6.45, 7) is 10.0. The summed E-state index contributed by atoms with van der Waals surface area (Å²) in [4.78, 5) is 15.0. The third-order valence-corrected chi connectivity index (χ3v) is 21.3. The van der Waals surface area contributed by atoms with Crippen molar-refractivity contribution in [2.75, 3.05) is 42.4 Å². The van der Waals surface area contributed by atoms with Crippen LogP contribution in [0.4, 0.5) is 22.4 Å². The predicted octanol–water partition coefficient (Wildman–Crippen LogP) is 12.7. The van der Waals surface area contributed by atoms with Gasteiger partial charge in [-0.3, -0.25) is 0 Å². The first-order valence-corrected chi connectivity index (χ1v) is 36.2. The van der Waals surface area contributed by atoms with Gasteiger partial charge in [0.05, 0.1) is 38.7 Å². The number of carbonyl (C=O) groups is 1. The van der Waals surface area contributed by atoms with Crippen LogP contribution < -0.4 is 0 Å². The molecule has 0 bridgehead atoms. The number of hydrogen-bond acceptors (Lipinski definition) is 12. The summed E-state index contributed by atoms with van der Waals surface area (Å²) in [6, 6.07) is 0. The summed E-state index contributed by atoms with van der Waals surface area (Å²) in [5, 5.41) is 0. The molecule has 0 saturated heterocycles. The molecule has 0 aliphatic rings. The lowest BCUT2D eigenvalue weighted by Crippen LogP contribution is -2.77. The second-order valence-corrected chi connectivity index (χ2v) is 29.7. The number of likely N-dealkylation sites (N-methyl/N-ethyl adjacent to an activating group) is 1. The van der Waals surface area contributed by atoms with Crippen LogP contribution in [0.3, 0.4) is 0 Å². The molecular weight excluding hydrogens is 1110 g/mol. The van der Waals surface area contributed by atoms with Crippen molar-refractivity contribution in [3.8, 4) is 0 Å². The van der Waals surface area contributed by atoms with E-state index >= 15 is 27.2 Å². The first-order chi connectivity index (χ1) is 35.7. The highest BCUT2D eigenvalue weighted by Gasteiger charge is 2.79. The highest BCUT2D eigenvalue weighted by molar-refractivity contribution is 7.90. The van der Waals surface area contributed by atoms with E-state index in [-0.39, 0.29) is 52.0 Å². The van der Waals surface area contributed by atoms with Crippen LogP contribution in [0.15, 0.2) is 11.4 Å². The van der Waals surface area contributed by atoms with Crippen LogP contribution in [-0.2, 0) is 59.6 Å². The molecule has 0 spiro atoms. The maximum Gasteiger partial charge on any atom is 0.383 e. The van der Waals surface area contributed by atoms with Gasteiger partial charge < -0.3 is 4.74 Å². The van der Waals surface area contributed by atoms with Gasteiger partial charge in [-0.05, 0) is 38.5 Å². The van der Waals surface area contributed by atoms with Crippen molar-refractivity contribution in [1.82, 2.24) is 18.1 Å². The quantitative estimate of drug-likeness (QED) is 0.0139. The topological polar surface area (TPSA) is 210 Å². The average molecular weight is 1200 g/mol. The fourth-order valence-electron chi connectivity index (χ4n) is 8.38. The van der Waals surface area contributed by atoms with E-state index in [4.69, 9.17) is 4.74 Å². The molecule has 0 heterocycles. The lowest BCUT2D eigenvalue weighted by molar-refractivity contribution is -0.998. The Balaban J connectivity index is 9.65. The Kier molecular flexibility index (Phi) is 37.0. The Morgan fingerprint density at radius 1 is 0.395 bits per heavy atom. The molecule has 0 aromatic rings. The van der Waals surface area contributed by atoms with Crippen molar-refractivity contribution in [2.45, 2.75) is 253 Å². The standard InChI is InChI=1S/C49H97F5N5O12S5/c1-8-14-20-25-30-35-41-72(61,62)55(50)47(56(51)73(63,64)42-36-31-26-21-15-9-2)46(48(60)71-40-19-13-6)49(57(52)74(65,66)43-37-32-27-22-16-10-3,58(53)75(67,68)44-38-33-28-23-17-11-4)59(7,54)76(69,70)45-39-34-29-24-18-12-5/h8-45H2,1-7H3/q+1. The van der Waals surface area contributed by atoms with E-state index in [0.717, 1.165) is 44.9 Å². The monoisotopic (exact) mass is 1200 g/mol. The lowest BCUT2D eigenvalue weighted by atomic mass is 10.1. The second kappa shape index (κ2) is 37.9. The molecule has 76 heavy (non-hydrogen) atoms. The lowest BCUT2D eigenvalue weighted by Gasteiger charge is -2.44. The number of sulfonamides is 5. The van der Waals surface area contributed by atoms with E-state index < -0.39 is 163 Å². The van der Waals surface area contributed by atoms with Crippen LogP contribution in [0.25, 0.3) is 0 Å². The highest BCUT2D eigenvalue weighted by Crippen LogP contribution is 2.49. The minimum Gasteiger partial charge on any atom is -0.462 e. The maximum atomic E-state index is 19.0. The van der Waals surface area contributed by atoms with Crippen molar-refractivity contribution in [3.05, 3.63) is 11.4 Å². The summed E-state index contributed by atoms with van der Waals surface area (Å²) < 4.78 is 230. The van der Waals surface area contributed by atoms with Crippen LogP contribution in [0.2, 0.25) is 0 Å². The van der Waals surface area contributed by atoms with Gasteiger partial charge in [0.2, 0.25) is 25.9 Å². The Bertz CT molecular complexity index is 2120. The molecule has 0 aromatic heterocycles. The largest absolute Gasteiger partial charge is 0.462 e. The summed E-state index contributed by atoms with van der Waals surface area (Å²) >= 11 is 0. The van der Waals surface area contributed by atoms with Crippen molar-refractivity contribution in [3.63, 3.8) is 0 Å². The Morgan fingerprint density at radius 3 is 0.934 bits per heavy atom. The number of nitrogens with zero attached hydrogens (tertiary/aromatic N) is 5. The summed E-state index contributed by atoms with van der Waals surface area (Å²) in [6.07, 6.45) is 9.34. The number of rotatable bonds is 50. The van der Waals surface area contributed by atoms with Gasteiger partial charge >= 0.3 is 21.8 Å². The van der Waals surface area contributed by atoms with E-state index in [9.17, 15) is 42.1 Å². The van der Waals surface area contributed by atoms with Crippen molar-refractivity contribution >= 4 is 56.1 Å². The van der Waals surface area contributed by atoms with Gasteiger partial charge in [0.25, 0.3) is 20.0 Å². The molecule has 17 nitrogen and oxygen atoms in total. The molecule has 0 radical (unpaired) electrons. The van der Waals surface area contributed by atoms with E-state index in [2.05, 4.69) is 0 Å². The van der Waals surface area contributed by atoms with Gasteiger partial charge in [-0.2, -0.15) is 8.42 Å². The smallest absolute Gasteiger partial charge is 0.383 e. The van der Waals surface area contributed by atoms with Gasteiger partial charge in [-0.25, -0.2) is 38.5 Å². The first-order valence-electron chi connectivity index (χ1n) is 28.1. The van der Waals surface area contributed by atoms with E-state index in [1.165, 1.54) is 6.92 Å². The molecule has 27 heteroatoms. The zero-order chi connectivity index (χ0) is 58.1. The molecule has 1 atom stereocenters. The molecule has 0 N–H and O–H groups in total. The Morgan fingerprint density at radius 2 is 0.645 bits per heavy atom. The zero-order valence-corrected chi connectivity index (χ0v) is 51.0. The van der Waals surface area contributed by atoms with Gasteiger partial charge in [0, 0.05) is 8.59 Å². The fourth-order valence-corrected chi connectivity index (χ4v) is 15.3. The van der Waals surface area contributed by atoms with Gasteiger partial charge in [-0.1, -0.05) is 227 Å². The van der Waals surface area contributed by atoms with E-state index in [1.807, 2.05) is 34.6 Å². The SMILES string of the molecule is CCCCCCCCS(=O)(=O)N(F)C(=C(C(=O)OCCCC)C(N(F)S(=O)(=O)CCCCCCCC)(N(F)S(=O)(=O)CCCCCCCC)[N+](C)(F)S(=O)(=O)CCCCCCCC)N(F)S(=O)(=O)CCCCCCCC. The highest BCUT2D eigenvalue weighted by atomic mass is 32.2. The maximum absolute atomic E-state index is 19.0. The number of halogens is 5. The predicted molar refractivity (Wildman–Crippen MR) is 291 cm³/mol. The minimum absolute atomic E-state index is 0.00549. The van der Waals surface area contributed by atoms with Crippen LogP contribution in [0.5, 0.6) is 0 Å².